The fraction of sp³-hybridized carbons (Fsp3) is 0.100. The van der Waals surface area contributed by atoms with Crippen LogP contribution in [0.3, 0.4) is 0 Å². The van der Waals surface area contributed by atoms with Gasteiger partial charge >= 0.3 is 0 Å². The van der Waals surface area contributed by atoms with Crippen molar-refractivity contribution in [3.8, 4) is 0 Å². The van der Waals surface area contributed by atoms with Gasteiger partial charge in [0.05, 0.1) is 0 Å². The van der Waals surface area contributed by atoms with E-state index in [0.717, 1.165) is 5.56 Å². The van der Waals surface area contributed by atoms with Crippen LogP contribution in [0, 0.1) is 6.92 Å². The van der Waals surface area contributed by atoms with Crippen LogP contribution in [0.5, 0.6) is 0 Å². The Bertz CT molecular complexity index is 447. The van der Waals surface area contributed by atoms with Crippen molar-refractivity contribution in [1.29, 1.82) is 0 Å². The van der Waals surface area contributed by atoms with Gasteiger partial charge in [-0.25, -0.2) is 9.97 Å². The number of aromatic amines is 1. The maximum atomic E-state index is 11.5. The summed E-state index contributed by atoms with van der Waals surface area (Å²) in [5, 5.41) is 2.63. The van der Waals surface area contributed by atoms with Crippen molar-refractivity contribution in [3.63, 3.8) is 0 Å². The van der Waals surface area contributed by atoms with Crippen LogP contribution < -0.4 is 5.32 Å². The highest BCUT2D eigenvalue weighted by Crippen LogP contribution is 2.04. The Balaban J connectivity index is 2.09. The number of carbonyl (C=O) groups is 1. The molecule has 2 aromatic heterocycles. The molecule has 0 saturated carbocycles. The minimum absolute atomic E-state index is 0.275. The maximum absolute atomic E-state index is 11.5. The number of pyridine rings is 1. The van der Waals surface area contributed by atoms with E-state index in [9.17, 15) is 4.79 Å². The third-order valence-corrected chi connectivity index (χ3v) is 1.87. The highest BCUT2D eigenvalue weighted by atomic mass is 16.2. The quantitative estimate of drug-likeness (QED) is 0.772. The minimum Gasteiger partial charge on any atom is -0.341 e. The lowest BCUT2D eigenvalue weighted by Crippen LogP contribution is -2.14. The highest BCUT2D eigenvalue weighted by Gasteiger charge is 2.07. The Kier molecular flexibility index (Phi) is 2.45. The fourth-order valence-electron chi connectivity index (χ4n) is 1.11. The number of nitrogens with zero attached hydrogens (tertiary/aromatic N) is 2. The molecule has 0 aliphatic carbocycles. The summed E-state index contributed by atoms with van der Waals surface area (Å²) in [4.78, 5) is 22.1. The lowest BCUT2D eigenvalue weighted by molar-refractivity contribution is 0.101. The Morgan fingerprint density at radius 3 is 2.87 bits per heavy atom. The van der Waals surface area contributed by atoms with Crippen molar-refractivity contribution in [2.45, 2.75) is 6.92 Å². The number of hydrogen-bond acceptors (Lipinski definition) is 3. The van der Waals surface area contributed by atoms with Gasteiger partial charge in [-0.3, -0.25) is 4.79 Å². The van der Waals surface area contributed by atoms with Crippen LogP contribution in [0.25, 0.3) is 0 Å². The minimum atomic E-state index is -0.295. The van der Waals surface area contributed by atoms with Gasteiger partial charge in [-0.05, 0) is 18.6 Å². The third-order valence-electron chi connectivity index (χ3n) is 1.87. The van der Waals surface area contributed by atoms with E-state index in [4.69, 9.17) is 0 Å². The summed E-state index contributed by atoms with van der Waals surface area (Å²) in [7, 11) is 0. The van der Waals surface area contributed by atoms with Gasteiger partial charge in [0.25, 0.3) is 5.91 Å². The van der Waals surface area contributed by atoms with E-state index >= 15 is 0 Å². The van der Waals surface area contributed by atoms with Crippen molar-refractivity contribution in [2.75, 3.05) is 5.32 Å². The normalized spacial score (nSPS) is 9.93. The molecular formula is C10H10N4O. The molecule has 2 N–H and O–H groups in total. The molecule has 2 aromatic rings. The predicted octanol–water partition coefficient (Wildman–Crippen LogP) is 1.37. The van der Waals surface area contributed by atoms with E-state index in [1.54, 1.807) is 18.5 Å². The highest BCUT2D eigenvalue weighted by molar-refractivity contribution is 6.00. The molecule has 0 spiro atoms. The van der Waals surface area contributed by atoms with Crippen molar-refractivity contribution in [1.82, 2.24) is 15.0 Å². The Morgan fingerprint density at radius 2 is 2.27 bits per heavy atom. The van der Waals surface area contributed by atoms with Gasteiger partial charge < -0.3 is 10.3 Å². The van der Waals surface area contributed by atoms with Gasteiger partial charge in [0.15, 0.2) is 5.82 Å². The maximum Gasteiger partial charge on any atom is 0.292 e. The smallest absolute Gasteiger partial charge is 0.292 e. The summed E-state index contributed by atoms with van der Waals surface area (Å²) < 4.78 is 0. The van der Waals surface area contributed by atoms with Gasteiger partial charge in [-0.2, -0.15) is 0 Å². The van der Waals surface area contributed by atoms with Gasteiger partial charge in [0.2, 0.25) is 0 Å². The first-order valence-corrected chi connectivity index (χ1v) is 4.49. The Labute approximate surface area is 86.6 Å². The molecule has 0 aliphatic rings. The number of aryl methyl sites for hydroxylation is 1. The van der Waals surface area contributed by atoms with Crippen LogP contribution in [0.2, 0.25) is 0 Å². The number of imidazole rings is 1. The summed E-state index contributed by atoms with van der Waals surface area (Å²) in [6.07, 6.45) is 4.81. The van der Waals surface area contributed by atoms with Crippen LogP contribution in [0.1, 0.15) is 16.2 Å². The van der Waals surface area contributed by atoms with Crippen LogP contribution in [-0.2, 0) is 0 Å². The molecule has 2 heterocycles. The molecule has 0 saturated heterocycles. The zero-order chi connectivity index (χ0) is 10.7. The number of anilines is 1. The fourth-order valence-corrected chi connectivity index (χ4v) is 1.11. The monoisotopic (exact) mass is 202 g/mol. The molecule has 5 nitrogen and oxygen atoms in total. The van der Waals surface area contributed by atoms with Crippen molar-refractivity contribution < 1.29 is 4.79 Å². The first kappa shape index (κ1) is 9.39. The molecule has 5 heteroatoms. The van der Waals surface area contributed by atoms with E-state index in [2.05, 4.69) is 20.3 Å². The van der Waals surface area contributed by atoms with Crippen molar-refractivity contribution in [2.24, 2.45) is 0 Å². The average molecular weight is 202 g/mol. The zero-order valence-electron chi connectivity index (χ0n) is 8.19. The lowest BCUT2D eigenvalue weighted by atomic mass is 10.3. The summed E-state index contributed by atoms with van der Waals surface area (Å²) in [5.41, 5.74) is 1.05. The number of H-pyrrole nitrogens is 1. The number of aromatic nitrogens is 3. The molecule has 0 fully saturated rings. The first-order chi connectivity index (χ1) is 7.25. The zero-order valence-corrected chi connectivity index (χ0v) is 8.19. The van der Waals surface area contributed by atoms with Crippen LogP contribution >= 0.6 is 0 Å². The Hall–Kier alpha value is -2.17. The number of carbonyl (C=O) groups excluding carboxylic acids is 1. The van der Waals surface area contributed by atoms with Crippen molar-refractivity contribution in [3.05, 3.63) is 42.1 Å². The second kappa shape index (κ2) is 3.91. The summed E-state index contributed by atoms with van der Waals surface area (Å²) in [6.45, 7) is 1.94. The molecule has 15 heavy (non-hydrogen) atoms. The summed E-state index contributed by atoms with van der Waals surface area (Å²) in [5.74, 6) is 0.496. The van der Waals surface area contributed by atoms with Crippen LogP contribution in [0.4, 0.5) is 5.82 Å². The molecule has 2 rings (SSSR count). The molecular weight excluding hydrogens is 192 g/mol. The number of hydrogen-bond donors (Lipinski definition) is 2. The molecule has 0 bridgehead atoms. The second-order valence-electron chi connectivity index (χ2n) is 3.11. The second-order valence-corrected chi connectivity index (χ2v) is 3.11. The largest absolute Gasteiger partial charge is 0.341 e. The standard InChI is InChI=1S/C10H10N4O/c1-7-2-3-8(13-6-7)14-10(15)9-11-4-5-12-9/h2-6H,1H3,(H,11,12)(H,13,14,15). The molecule has 0 atom stereocenters. The van der Waals surface area contributed by atoms with E-state index in [1.165, 1.54) is 6.20 Å². The molecule has 0 aliphatic heterocycles. The number of nitrogens with one attached hydrogen (secondary N) is 2. The van der Waals surface area contributed by atoms with E-state index < -0.39 is 0 Å². The summed E-state index contributed by atoms with van der Waals surface area (Å²) in [6, 6.07) is 3.63. The number of rotatable bonds is 2. The van der Waals surface area contributed by atoms with Crippen LogP contribution in [-0.4, -0.2) is 20.9 Å². The topological polar surface area (TPSA) is 70.7 Å². The molecule has 0 aromatic carbocycles. The van der Waals surface area contributed by atoms with Crippen LogP contribution in [0.15, 0.2) is 30.7 Å². The van der Waals surface area contributed by atoms with E-state index in [-0.39, 0.29) is 11.7 Å². The molecule has 0 unspecified atom stereocenters. The summed E-state index contributed by atoms with van der Waals surface area (Å²) >= 11 is 0. The van der Waals surface area contributed by atoms with Gasteiger partial charge in [-0.15, -0.1) is 0 Å². The third kappa shape index (κ3) is 2.19. The first-order valence-electron chi connectivity index (χ1n) is 4.49. The SMILES string of the molecule is Cc1ccc(NC(=O)c2ncc[nH]2)nc1. The molecule has 76 valence electrons. The van der Waals surface area contributed by atoms with E-state index in [0.29, 0.717) is 5.82 Å². The van der Waals surface area contributed by atoms with Gasteiger partial charge in [0.1, 0.15) is 5.82 Å². The molecule has 0 radical (unpaired) electrons. The average Bonchev–Trinajstić information content (AvgIpc) is 2.74. The predicted molar refractivity (Wildman–Crippen MR) is 55.5 cm³/mol. The Morgan fingerprint density at radius 1 is 1.40 bits per heavy atom. The van der Waals surface area contributed by atoms with Gasteiger partial charge in [0, 0.05) is 18.6 Å². The van der Waals surface area contributed by atoms with E-state index in [1.807, 2.05) is 13.0 Å². The van der Waals surface area contributed by atoms with Gasteiger partial charge in [-0.1, -0.05) is 6.07 Å². The lowest BCUT2D eigenvalue weighted by Gasteiger charge is -2.01. The molecule has 1 amide bonds. The van der Waals surface area contributed by atoms with Crippen molar-refractivity contribution >= 4 is 11.7 Å². The number of amides is 1.